The fourth-order valence-corrected chi connectivity index (χ4v) is 7.48. The van der Waals surface area contributed by atoms with Crippen LogP contribution in [0.3, 0.4) is 0 Å². The number of hydrogen-bond donors (Lipinski definition) is 3. The van der Waals surface area contributed by atoms with Crippen molar-refractivity contribution in [2.24, 2.45) is 0 Å². The van der Waals surface area contributed by atoms with Gasteiger partial charge in [0.2, 0.25) is 5.91 Å². The second-order valence-corrected chi connectivity index (χ2v) is 16.9. The summed E-state index contributed by atoms with van der Waals surface area (Å²) in [6.07, 6.45) is 65.7. The quantitative estimate of drug-likeness (QED) is 0.0425. The largest absolute Gasteiger partial charge is 0.394 e. The van der Waals surface area contributed by atoms with E-state index in [1.165, 1.54) is 199 Å². The molecule has 2 unspecified atom stereocenters. The van der Waals surface area contributed by atoms with Crippen molar-refractivity contribution in [3.63, 3.8) is 0 Å². The predicted molar refractivity (Wildman–Crippen MR) is 248 cm³/mol. The van der Waals surface area contributed by atoms with Crippen LogP contribution in [0.4, 0.5) is 0 Å². The maximum atomic E-state index is 12.3. The average molecular weight is 784 g/mol. The minimum atomic E-state index is -0.834. The van der Waals surface area contributed by atoms with Gasteiger partial charge >= 0.3 is 0 Å². The van der Waals surface area contributed by atoms with Crippen LogP contribution in [-0.4, -0.2) is 34.9 Å². The van der Waals surface area contributed by atoms with E-state index in [1.54, 1.807) is 6.08 Å². The minimum absolute atomic E-state index is 0.0661. The molecular formula is C52H97NO3. The van der Waals surface area contributed by atoms with Gasteiger partial charge in [0.25, 0.3) is 0 Å². The van der Waals surface area contributed by atoms with Crippen molar-refractivity contribution in [3.8, 4) is 0 Å². The Morgan fingerprint density at radius 3 is 1.09 bits per heavy atom. The summed E-state index contributed by atoms with van der Waals surface area (Å²) in [7, 11) is 0. The van der Waals surface area contributed by atoms with E-state index in [2.05, 4.69) is 55.6 Å². The molecular weight excluding hydrogens is 687 g/mol. The number of allylic oxidation sites excluding steroid dienone is 7. The van der Waals surface area contributed by atoms with E-state index in [-0.39, 0.29) is 12.5 Å². The molecule has 0 spiro atoms. The number of nitrogens with one attached hydrogen (secondary N) is 1. The van der Waals surface area contributed by atoms with Crippen LogP contribution in [0.2, 0.25) is 0 Å². The predicted octanol–water partition coefficient (Wildman–Crippen LogP) is 15.9. The first-order chi connectivity index (χ1) is 27.7. The summed E-state index contributed by atoms with van der Waals surface area (Å²) in [5.41, 5.74) is 0. The van der Waals surface area contributed by atoms with Gasteiger partial charge in [-0.1, -0.05) is 242 Å². The molecule has 0 fully saturated rings. The van der Waals surface area contributed by atoms with Gasteiger partial charge in [-0.3, -0.25) is 4.79 Å². The Morgan fingerprint density at radius 2 is 0.732 bits per heavy atom. The van der Waals surface area contributed by atoms with Gasteiger partial charge in [-0.25, -0.2) is 0 Å². The third kappa shape index (κ3) is 43.5. The first-order valence-corrected chi connectivity index (χ1v) is 24.9. The number of amides is 1. The summed E-state index contributed by atoms with van der Waals surface area (Å²) < 4.78 is 0. The highest BCUT2D eigenvalue weighted by Crippen LogP contribution is 2.16. The van der Waals surface area contributed by atoms with Crippen molar-refractivity contribution < 1.29 is 15.0 Å². The Morgan fingerprint density at radius 1 is 0.429 bits per heavy atom. The number of unbranched alkanes of at least 4 members (excludes halogenated alkanes) is 32. The van der Waals surface area contributed by atoms with E-state index in [0.717, 1.165) is 38.5 Å². The molecule has 0 aromatic carbocycles. The van der Waals surface area contributed by atoms with Gasteiger partial charge in [0.15, 0.2) is 0 Å². The van der Waals surface area contributed by atoms with Crippen LogP contribution >= 0.6 is 0 Å². The topological polar surface area (TPSA) is 69.6 Å². The van der Waals surface area contributed by atoms with Crippen molar-refractivity contribution in [2.75, 3.05) is 6.61 Å². The summed E-state index contributed by atoms with van der Waals surface area (Å²) in [6, 6.07) is -0.617. The Kier molecular flexibility index (Phi) is 46.3. The maximum Gasteiger partial charge on any atom is 0.220 e. The number of aliphatic hydroxyl groups excluding tert-OH is 2. The lowest BCUT2D eigenvalue weighted by atomic mass is 10.0. The Balaban J connectivity index is 3.37. The van der Waals surface area contributed by atoms with Crippen molar-refractivity contribution in [3.05, 3.63) is 48.6 Å². The highest BCUT2D eigenvalue weighted by Gasteiger charge is 2.17. The van der Waals surface area contributed by atoms with Crippen LogP contribution in [0, 0.1) is 0 Å². The summed E-state index contributed by atoms with van der Waals surface area (Å²) in [5, 5.41) is 22.8. The lowest BCUT2D eigenvalue weighted by molar-refractivity contribution is -0.123. The molecule has 0 heterocycles. The minimum Gasteiger partial charge on any atom is -0.394 e. The molecule has 0 saturated heterocycles. The number of hydrogen-bond acceptors (Lipinski definition) is 3. The van der Waals surface area contributed by atoms with Gasteiger partial charge in [-0.15, -0.1) is 0 Å². The number of rotatable bonds is 45. The van der Waals surface area contributed by atoms with Gasteiger partial charge in [-0.2, -0.15) is 0 Å². The molecule has 0 aromatic heterocycles. The standard InChI is InChI=1S/C52H97NO3/c1-3-5-7-9-11-12-13-14-15-16-17-18-19-20-21-22-23-24-25-26-27-28-29-30-31-32-33-34-35-36-37-38-39-40-42-44-46-48-52(56)53-50(49-54)51(55)47-45-43-41-10-8-6-4-2/h13-14,16-17,19-20,45,47,50-51,54-55H,3-12,15,18,21-44,46,48-49H2,1-2H3,(H,53,56)/b14-13-,17-16-,20-19-,47-45+. The molecule has 0 aliphatic rings. The van der Waals surface area contributed by atoms with Gasteiger partial charge in [0.05, 0.1) is 18.8 Å². The Hall–Kier alpha value is -1.65. The SMILES string of the molecule is CCCCCCC/C=C\C/C=C\C/C=C\CCCCCCCCCCCCCCCCCCCCCCCCC(=O)NC(CO)C(O)/C=C/CCCCCCC. The van der Waals surface area contributed by atoms with Gasteiger partial charge in [-0.05, 0) is 57.8 Å². The zero-order valence-electron chi connectivity index (χ0n) is 37.7. The number of carbonyl (C=O) groups excluding carboxylic acids is 1. The molecule has 0 saturated carbocycles. The first-order valence-electron chi connectivity index (χ1n) is 24.9. The third-order valence-corrected chi connectivity index (χ3v) is 11.3. The maximum absolute atomic E-state index is 12.3. The summed E-state index contributed by atoms with van der Waals surface area (Å²) in [4.78, 5) is 12.3. The second kappa shape index (κ2) is 47.7. The first kappa shape index (κ1) is 54.3. The van der Waals surface area contributed by atoms with E-state index in [1.807, 2.05) is 6.08 Å². The number of carbonyl (C=O) groups is 1. The van der Waals surface area contributed by atoms with Gasteiger partial charge < -0.3 is 15.5 Å². The molecule has 4 nitrogen and oxygen atoms in total. The third-order valence-electron chi connectivity index (χ3n) is 11.3. The normalized spacial score (nSPS) is 13.3. The van der Waals surface area contributed by atoms with E-state index in [0.29, 0.717) is 6.42 Å². The van der Waals surface area contributed by atoms with Crippen LogP contribution in [0.15, 0.2) is 48.6 Å². The lowest BCUT2D eigenvalue weighted by Crippen LogP contribution is -2.45. The van der Waals surface area contributed by atoms with Crippen LogP contribution in [-0.2, 0) is 4.79 Å². The summed E-state index contributed by atoms with van der Waals surface area (Å²) >= 11 is 0. The highest BCUT2D eigenvalue weighted by atomic mass is 16.3. The van der Waals surface area contributed by atoms with Crippen molar-refractivity contribution in [1.29, 1.82) is 0 Å². The van der Waals surface area contributed by atoms with E-state index >= 15 is 0 Å². The molecule has 0 radical (unpaired) electrons. The molecule has 0 rings (SSSR count). The average Bonchev–Trinajstić information content (AvgIpc) is 3.20. The molecule has 3 N–H and O–H groups in total. The lowest BCUT2D eigenvalue weighted by Gasteiger charge is -2.20. The van der Waals surface area contributed by atoms with Crippen molar-refractivity contribution in [2.45, 2.75) is 270 Å². The Labute approximate surface area is 350 Å². The summed E-state index contributed by atoms with van der Waals surface area (Å²) in [6.45, 7) is 4.25. The molecule has 56 heavy (non-hydrogen) atoms. The van der Waals surface area contributed by atoms with Gasteiger partial charge in [0, 0.05) is 6.42 Å². The van der Waals surface area contributed by atoms with Crippen LogP contribution in [0.1, 0.15) is 258 Å². The van der Waals surface area contributed by atoms with E-state index in [4.69, 9.17) is 0 Å². The van der Waals surface area contributed by atoms with Crippen molar-refractivity contribution >= 4 is 5.91 Å². The smallest absolute Gasteiger partial charge is 0.220 e. The molecule has 2 atom stereocenters. The highest BCUT2D eigenvalue weighted by molar-refractivity contribution is 5.76. The zero-order chi connectivity index (χ0) is 40.7. The number of aliphatic hydroxyl groups is 2. The summed E-state index contributed by atoms with van der Waals surface area (Å²) in [5.74, 6) is -0.0661. The molecule has 328 valence electrons. The molecule has 0 bridgehead atoms. The van der Waals surface area contributed by atoms with E-state index < -0.39 is 12.1 Å². The fourth-order valence-electron chi connectivity index (χ4n) is 7.48. The molecule has 0 aliphatic carbocycles. The van der Waals surface area contributed by atoms with Gasteiger partial charge in [0.1, 0.15) is 0 Å². The zero-order valence-corrected chi connectivity index (χ0v) is 37.7. The second-order valence-electron chi connectivity index (χ2n) is 16.9. The Bertz CT molecular complexity index is 893. The molecule has 0 aliphatic heterocycles. The molecule has 0 aromatic rings. The molecule has 4 heteroatoms. The van der Waals surface area contributed by atoms with Crippen LogP contribution < -0.4 is 5.32 Å². The van der Waals surface area contributed by atoms with Crippen LogP contribution in [0.25, 0.3) is 0 Å². The molecule has 1 amide bonds. The fraction of sp³-hybridized carbons (Fsp3) is 0.827. The van der Waals surface area contributed by atoms with Crippen LogP contribution in [0.5, 0.6) is 0 Å². The monoisotopic (exact) mass is 784 g/mol. The van der Waals surface area contributed by atoms with Crippen molar-refractivity contribution in [1.82, 2.24) is 5.32 Å². The van der Waals surface area contributed by atoms with E-state index in [9.17, 15) is 15.0 Å².